The molecule has 1 aromatic rings. The van der Waals surface area contributed by atoms with Crippen molar-refractivity contribution in [2.45, 2.75) is 33.2 Å². The Kier molecular flexibility index (Phi) is 8.00. The summed E-state index contributed by atoms with van der Waals surface area (Å²) in [7, 11) is 0. The van der Waals surface area contributed by atoms with Crippen LogP contribution in [-0.4, -0.2) is 31.1 Å². The maximum Gasteiger partial charge on any atom is 0.0464 e. The lowest BCUT2D eigenvalue weighted by Gasteiger charge is -2.22. The van der Waals surface area contributed by atoms with Gasteiger partial charge in [-0.2, -0.15) is 0 Å². The van der Waals surface area contributed by atoms with Crippen LogP contribution >= 0.6 is 27.5 Å². The van der Waals surface area contributed by atoms with Crippen molar-refractivity contribution in [3.8, 4) is 0 Å². The van der Waals surface area contributed by atoms with Crippen LogP contribution in [0.5, 0.6) is 0 Å². The summed E-state index contributed by atoms with van der Waals surface area (Å²) in [5, 5.41) is 4.36. The zero-order valence-corrected chi connectivity index (χ0v) is 14.4. The van der Waals surface area contributed by atoms with E-state index in [1.165, 1.54) is 13.0 Å². The Morgan fingerprint density at radius 3 is 2.63 bits per heavy atom. The molecule has 2 nitrogen and oxygen atoms in total. The maximum atomic E-state index is 6.26. The highest BCUT2D eigenvalue weighted by molar-refractivity contribution is 9.10. The predicted octanol–water partition coefficient (Wildman–Crippen LogP) is 4.49. The van der Waals surface area contributed by atoms with Gasteiger partial charge in [-0.3, -0.25) is 0 Å². The van der Waals surface area contributed by atoms with E-state index < -0.39 is 0 Å². The molecule has 0 aliphatic heterocycles. The van der Waals surface area contributed by atoms with Crippen LogP contribution in [-0.2, 0) is 0 Å². The highest BCUT2D eigenvalue weighted by atomic mass is 79.9. The Balaban J connectivity index is 2.44. The third-order valence-electron chi connectivity index (χ3n) is 3.29. The summed E-state index contributed by atoms with van der Waals surface area (Å²) in [6.45, 7) is 11.0. The summed E-state index contributed by atoms with van der Waals surface area (Å²) in [5.74, 6) is 0. The highest BCUT2D eigenvalue weighted by Crippen LogP contribution is 2.26. The normalized spacial score (nSPS) is 12.9. The molecule has 0 bridgehead atoms. The summed E-state index contributed by atoms with van der Waals surface area (Å²) in [4.78, 5) is 2.46. The molecule has 1 aromatic carbocycles. The third kappa shape index (κ3) is 5.82. The molecule has 0 saturated heterocycles. The molecule has 1 rings (SSSR count). The predicted molar refractivity (Wildman–Crippen MR) is 88.0 cm³/mol. The zero-order chi connectivity index (χ0) is 14.3. The average molecular weight is 348 g/mol. The summed E-state index contributed by atoms with van der Waals surface area (Å²) in [6, 6.07) is 6.34. The van der Waals surface area contributed by atoms with E-state index >= 15 is 0 Å². The highest BCUT2D eigenvalue weighted by Gasteiger charge is 2.09. The second-order valence-electron chi connectivity index (χ2n) is 4.78. The number of nitrogens with zero attached hydrogens (tertiary/aromatic N) is 1. The van der Waals surface area contributed by atoms with Gasteiger partial charge in [0.15, 0.2) is 0 Å². The second-order valence-corrected chi connectivity index (χ2v) is 6.10. The molecule has 0 radical (unpaired) electrons. The van der Waals surface area contributed by atoms with Gasteiger partial charge in [0.1, 0.15) is 0 Å². The molecule has 0 spiro atoms. The van der Waals surface area contributed by atoms with Crippen LogP contribution in [0.1, 0.15) is 38.8 Å². The topological polar surface area (TPSA) is 15.3 Å². The lowest BCUT2D eigenvalue weighted by Crippen LogP contribution is -2.33. The minimum atomic E-state index is 0.279. The smallest absolute Gasteiger partial charge is 0.0464 e. The average Bonchev–Trinajstić information content (AvgIpc) is 2.37. The minimum absolute atomic E-state index is 0.279. The van der Waals surface area contributed by atoms with E-state index in [0.717, 1.165) is 34.7 Å². The Labute approximate surface area is 130 Å². The van der Waals surface area contributed by atoms with E-state index in [-0.39, 0.29) is 6.04 Å². The van der Waals surface area contributed by atoms with Crippen LogP contribution in [0.25, 0.3) is 0 Å². The van der Waals surface area contributed by atoms with Crippen LogP contribution in [0, 0.1) is 0 Å². The van der Waals surface area contributed by atoms with E-state index in [9.17, 15) is 0 Å². The third-order valence-corrected chi connectivity index (χ3v) is 4.12. The van der Waals surface area contributed by atoms with E-state index in [2.05, 4.69) is 53.0 Å². The van der Waals surface area contributed by atoms with Gasteiger partial charge in [0.25, 0.3) is 0 Å². The number of benzene rings is 1. The number of rotatable bonds is 8. The van der Waals surface area contributed by atoms with Crippen molar-refractivity contribution in [3.63, 3.8) is 0 Å². The zero-order valence-electron chi connectivity index (χ0n) is 12.0. The molecule has 1 unspecified atom stereocenters. The molecule has 19 heavy (non-hydrogen) atoms. The van der Waals surface area contributed by atoms with Crippen molar-refractivity contribution in [3.05, 3.63) is 33.3 Å². The number of likely N-dealkylation sites (N-methyl/N-ethyl adjacent to an activating group) is 1. The van der Waals surface area contributed by atoms with Gasteiger partial charge in [0, 0.05) is 28.6 Å². The summed E-state index contributed by atoms with van der Waals surface area (Å²) in [6.07, 6.45) is 1.21. The summed E-state index contributed by atoms with van der Waals surface area (Å²) in [5.41, 5.74) is 1.16. The van der Waals surface area contributed by atoms with Gasteiger partial charge in [-0.1, -0.05) is 47.4 Å². The van der Waals surface area contributed by atoms with Crippen LogP contribution < -0.4 is 5.32 Å². The van der Waals surface area contributed by atoms with Crippen molar-refractivity contribution < 1.29 is 0 Å². The summed E-state index contributed by atoms with van der Waals surface area (Å²) < 4.78 is 1.02. The van der Waals surface area contributed by atoms with Crippen molar-refractivity contribution in [2.75, 3.05) is 26.2 Å². The molecule has 1 atom stereocenters. The number of nitrogens with one attached hydrogen (secondary N) is 1. The van der Waals surface area contributed by atoms with Gasteiger partial charge in [-0.15, -0.1) is 0 Å². The number of halogens is 2. The van der Waals surface area contributed by atoms with Crippen molar-refractivity contribution >= 4 is 27.5 Å². The molecule has 0 aliphatic rings. The Hall–Kier alpha value is -0.0900. The van der Waals surface area contributed by atoms with Crippen molar-refractivity contribution in [1.82, 2.24) is 10.2 Å². The van der Waals surface area contributed by atoms with Gasteiger partial charge < -0.3 is 10.2 Å². The fourth-order valence-corrected chi connectivity index (χ4v) is 2.98. The van der Waals surface area contributed by atoms with Gasteiger partial charge in [-0.25, -0.2) is 0 Å². The first-order valence-corrected chi connectivity index (χ1v) is 8.16. The molecule has 0 aliphatic carbocycles. The fourth-order valence-electron chi connectivity index (χ4n) is 2.15. The molecule has 0 saturated carbocycles. The van der Waals surface area contributed by atoms with E-state index in [1.807, 2.05) is 12.1 Å². The number of hydrogen-bond acceptors (Lipinski definition) is 2. The maximum absolute atomic E-state index is 6.26. The molecule has 108 valence electrons. The fraction of sp³-hybridized carbons (Fsp3) is 0.600. The van der Waals surface area contributed by atoms with Gasteiger partial charge >= 0.3 is 0 Å². The van der Waals surface area contributed by atoms with Crippen LogP contribution in [0.2, 0.25) is 5.02 Å². The molecule has 4 heteroatoms. The van der Waals surface area contributed by atoms with Gasteiger partial charge in [-0.05, 0) is 44.1 Å². The first-order chi connectivity index (χ1) is 9.08. The Morgan fingerprint density at radius 2 is 2.05 bits per heavy atom. The lowest BCUT2D eigenvalue weighted by molar-refractivity contribution is 0.284. The molecule has 0 fully saturated rings. The standard InChI is InChI=1S/C15H24BrClN2/c1-4-9-19(5-2)10-8-18-12(3)14-7-6-13(16)11-15(14)17/h6-7,11-12,18H,4-5,8-10H2,1-3H3. The molecule has 0 aromatic heterocycles. The van der Waals surface area contributed by atoms with Crippen LogP contribution in [0.3, 0.4) is 0 Å². The minimum Gasteiger partial charge on any atom is -0.309 e. The van der Waals surface area contributed by atoms with E-state index in [0.29, 0.717) is 0 Å². The van der Waals surface area contributed by atoms with Crippen LogP contribution in [0.4, 0.5) is 0 Å². The first-order valence-electron chi connectivity index (χ1n) is 6.99. The monoisotopic (exact) mass is 346 g/mol. The molecular formula is C15H24BrClN2. The van der Waals surface area contributed by atoms with E-state index in [1.54, 1.807) is 0 Å². The Morgan fingerprint density at radius 1 is 1.32 bits per heavy atom. The second kappa shape index (κ2) is 8.96. The number of hydrogen-bond donors (Lipinski definition) is 1. The Bertz CT molecular complexity index is 384. The molecule has 1 N–H and O–H groups in total. The van der Waals surface area contributed by atoms with Gasteiger partial charge in [0.2, 0.25) is 0 Å². The van der Waals surface area contributed by atoms with E-state index in [4.69, 9.17) is 11.6 Å². The molecular weight excluding hydrogens is 324 g/mol. The van der Waals surface area contributed by atoms with Gasteiger partial charge in [0.05, 0.1) is 0 Å². The SMILES string of the molecule is CCCN(CC)CCNC(C)c1ccc(Br)cc1Cl. The quantitative estimate of drug-likeness (QED) is 0.745. The first kappa shape index (κ1) is 17.0. The van der Waals surface area contributed by atoms with Crippen molar-refractivity contribution in [1.29, 1.82) is 0 Å². The van der Waals surface area contributed by atoms with Crippen LogP contribution in [0.15, 0.2) is 22.7 Å². The summed E-state index contributed by atoms with van der Waals surface area (Å²) >= 11 is 9.69. The molecule has 0 heterocycles. The molecule has 0 amide bonds. The largest absolute Gasteiger partial charge is 0.309 e. The van der Waals surface area contributed by atoms with Crippen molar-refractivity contribution in [2.24, 2.45) is 0 Å². The lowest BCUT2D eigenvalue weighted by atomic mass is 10.1.